The van der Waals surface area contributed by atoms with Gasteiger partial charge in [0.2, 0.25) is 0 Å². The van der Waals surface area contributed by atoms with E-state index in [-0.39, 0.29) is 0 Å². The van der Waals surface area contributed by atoms with E-state index >= 15 is 0 Å². The highest BCUT2D eigenvalue weighted by atomic mass is 15.3. The van der Waals surface area contributed by atoms with Crippen molar-refractivity contribution < 1.29 is 0 Å². The number of hydrogen-bond donors (Lipinski definition) is 3. The van der Waals surface area contributed by atoms with Crippen molar-refractivity contribution in [2.75, 3.05) is 23.3 Å². The van der Waals surface area contributed by atoms with Gasteiger partial charge in [-0.2, -0.15) is 0 Å². The second kappa shape index (κ2) is 8.51. The van der Waals surface area contributed by atoms with Crippen LogP contribution >= 0.6 is 0 Å². The van der Waals surface area contributed by atoms with Crippen LogP contribution in [0.5, 0.6) is 0 Å². The van der Waals surface area contributed by atoms with Crippen LogP contribution in [-0.4, -0.2) is 55.1 Å². The minimum absolute atomic E-state index is 0.439. The monoisotopic (exact) mass is 429 g/mol. The van der Waals surface area contributed by atoms with Crippen LogP contribution < -0.4 is 15.5 Å². The van der Waals surface area contributed by atoms with Gasteiger partial charge in [0.05, 0.1) is 17.6 Å². The molecule has 5 rings (SSSR count). The van der Waals surface area contributed by atoms with E-state index < -0.39 is 0 Å². The normalized spacial score (nSPS) is 18.8. The van der Waals surface area contributed by atoms with Gasteiger partial charge in [-0.15, -0.1) is 0 Å². The first-order valence-electron chi connectivity index (χ1n) is 10.9. The van der Waals surface area contributed by atoms with E-state index in [0.29, 0.717) is 18.6 Å². The highest BCUT2D eigenvalue weighted by molar-refractivity contribution is 6.00. The minimum Gasteiger partial charge on any atom is -0.364 e. The van der Waals surface area contributed by atoms with Crippen molar-refractivity contribution in [2.45, 2.75) is 39.4 Å². The molecule has 0 bridgehead atoms. The molecule has 164 valence electrons. The molecule has 4 aromatic heterocycles. The lowest BCUT2D eigenvalue weighted by atomic mass is 10.1. The quantitative estimate of drug-likeness (QED) is 0.445. The molecule has 0 unspecified atom stereocenters. The van der Waals surface area contributed by atoms with Crippen LogP contribution in [0.1, 0.15) is 25.4 Å². The Hall–Kier alpha value is -3.59. The van der Waals surface area contributed by atoms with Crippen LogP contribution in [0.3, 0.4) is 0 Å². The molecule has 0 radical (unpaired) electrons. The molecule has 0 aromatic carbocycles. The molecule has 5 heterocycles. The Labute approximate surface area is 186 Å². The van der Waals surface area contributed by atoms with Gasteiger partial charge in [0.1, 0.15) is 29.4 Å². The molecule has 0 saturated carbocycles. The Bertz CT molecular complexity index is 1210. The summed E-state index contributed by atoms with van der Waals surface area (Å²) in [5, 5.41) is 7.94. The number of aromatic amines is 1. The highest BCUT2D eigenvalue weighted by Gasteiger charge is 2.22. The summed E-state index contributed by atoms with van der Waals surface area (Å²) in [5.41, 5.74) is 3.61. The minimum atomic E-state index is 0.439. The third kappa shape index (κ3) is 4.11. The zero-order valence-corrected chi connectivity index (χ0v) is 18.5. The Balaban J connectivity index is 1.39. The molecular weight excluding hydrogens is 402 g/mol. The molecule has 0 amide bonds. The van der Waals surface area contributed by atoms with Gasteiger partial charge < -0.3 is 20.5 Å². The summed E-state index contributed by atoms with van der Waals surface area (Å²) in [6, 6.07) is 7.07. The number of anilines is 2. The maximum absolute atomic E-state index is 4.90. The molecule has 9 nitrogen and oxygen atoms in total. The van der Waals surface area contributed by atoms with Gasteiger partial charge in [0, 0.05) is 54.9 Å². The number of pyridine rings is 1. The Morgan fingerprint density at radius 1 is 1.06 bits per heavy atom. The molecule has 1 saturated heterocycles. The topological polar surface area (TPSA) is 108 Å². The van der Waals surface area contributed by atoms with Gasteiger partial charge in [0.15, 0.2) is 0 Å². The predicted molar refractivity (Wildman–Crippen MR) is 125 cm³/mol. The van der Waals surface area contributed by atoms with E-state index in [0.717, 1.165) is 58.4 Å². The largest absolute Gasteiger partial charge is 0.364 e. The zero-order chi connectivity index (χ0) is 22.1. The van der Waals surface area contributed by atoms with Gasteiger partial charge >= 0.3 is 0 Å². The summed E-state index contributed by atoms with van der Waals surface area (Å²) < 4.78 is 0. The summed E-state index contributed by atoms with van der Waals surface area (Å²) in [7, 11) is 0. The number of nitrogens with zero attached hydrogens (tertiary/aromatic N) is 6. The lowest BCUT2D eigenvalue weighted by molar-refractivity contribution is 0.405. The third-order valence-corrected chi connectivity index (χ3v) is 5.67. The molecule has 3 N–H and O–H groups in total. The van der Waals surface area contributed by atoms with Crippen LogP contribution in [0.15, 0.2) is 43.1 Å². The number of rotatable bonds is 5. The van der Waals surface area contributed by atoms with E-state index in [9.17, 15) is 0 Å². The van der Waals surface area contributed by atoms with Crippen molar-refractivity contribution in [2.24, 2.45) is 0 Å². The predicted octanol–water partition coefficient (Wildman–Crippen LogP) is 2.92. The van der Waals surface area contributed by atoms with E-state index in [4.69, 9.17) is 4.98 Å². The molecule has 9 heteroatoms. The van der Waals surface area contributed by atoms with E-state index in [1.54, 1.807) is 6.33 Å². The summed E-state index contributed by atoms with van der Waals surface area (Å²) in [4.78, 5) is 28.0. The van der Waals surface area contributed by atoms with Crippen LogP contribution in [-0.2, 0) is 6.54 Å². The number of hydrogen-bond acceptors (Lipinski definition) is 8. The number of H-pyrrole nitrogens is 1. The first-order chi connectivity index (χ1) is 15.6. The number of aryl methyl sites for hydroxylation is 1. The van der Waals surface area contributed by atoms with Crippen LogP contribution in [0.4, 0.5) is 11.6 Å². The first kappa shape index (κ1) is 20.3. The van der Waals surface area contributed by atoms with Crippen LogP contribution in [0, 0.1) is 6.92 Å². The van der Waals surface area contributed by atoms with Crippen molar-refractivity contribution in [1.29, 1.82) is 0 Å². The fourth-order valence-corrected chi connectivity index (χ4v) is 4.29. The van der Waals surface area contributed by atoms with Crippen molar-refractivity contribution >= 4 is 22.7 Å². The lowest BCUT2D eigenvalue weighted by Gasteiger charge is -2.37. The number of nitrogens with one attached hydrogen (secondary N) is 3. The highest BCUT2D eigenvalue weighted by Crippen LogP contribution is 2.31. The van der Waals surface area contributed by atoms with Crippen molar-refractivity contribution in [1.82, 2.24) is 35.2 Å². The summed E-state index contributed by atoms with van der Waals surface area (Å²) in [6.45, 7) is 8.76. The number of piperazine rings is 1. The van der Waals surface area contributed by atoms with E-state index in [1.807, 2.05) is 31.6 Å². The summed E-state index contributed by atoms with van der Waals surface area (Å²) in [6.07, 6.45) is 7.12. The van der Waals surface area contributed by atoms with Gasteiger partial charge in [-0.05, 0) is 32.9 Å². The zero-order valence-electron chi connectivity index (χ0n) is 18.5. The number of fused-ring (bicyclic) bond motifs is 1. The maximum atomic E-state index is 4.90. The lowest BCUT2D eigenvalue weighted by Crippen LogP contribution is -2.54. The molecule has 0 spiro atoms. The average Bonchev–Trinajstić information content (AvgIpc) is 3.23. The standard InChI is InChI=1S/C23H27N9/c1-14-11-32(12-15(2)30-14)20-6-4-5-18(31-20)9-26-22-21-19(10-27-23(21)29-13-28-22)17-7-24-16(3)25-8-17/h4-8,10,13-15,30H,9,11-12H2,1-3H3,(H2,26,27,28,29)/t14-,15+. The Kier molecular flexibility index (Phi) is 5.40. The van der Waals surface area contributed by atoms with E-state index in [2.05, 4.69) is 66.4 Å². The molecule has 1 aliphatic rings. The summed E-state index contributed by atoms with van der Waals surface area (Å²) in [5.74, 6) is 2.50. The maximum Gasteiger partial charge on any atom is 0.143 e. The van der Waals surface area contributed by atoms with Gasteiger partial charge in [0.25, 0.3) is 0 Å². The second-order valence-electron chi connectivity index (χ2n) is 8.38. The third-order valence-electron chi connectivity index (χ3n) is 5.67. The first-order valence-corrected chi connectivity index (χ1v) is 10.9. The Morgan fingerprint density at radius 3 is 2.62 bits per heavy atom. The summed E-state index contributed by atoms with van der Waals surface area (Å²) >= 11 is 0. The molecule has 1 fully saturated rings. The van der Waals surface area contributed by atoms with E-state index in [1.165, 1.54) is 0 Å². The molecule has 0 aliphatic carbocycles. The van der Waals surface area contributed by atoms with Gasteiger partial charge in [-0.3, -0.25) is 0 Å². The molecule has 32 heavy (non-hydrogen) atoms. The van der Waals surface area contributed by atoms with Crippen LogP contribution in [0.2, 0.25) is 0 Å². The molecular formula is C23H27N9. The molecule has 2 atom stereocenters. The SMILES string of the molecule is Cc1ncc(-c2c[nH]c3ncnc(NCc4cccc(N5C[C@@H](C)N[C@@H](C)C5)n4)c23)cn1. The van der Waals surface area contributed by atoms with Crippen molar-refractivity contribution in [3.63, 3.8) is 0 Å². The fourth-order valence-electron chi connectivity index (χ4n) is 4.29. The second-order valence-corrected chi connectivity index (χ2v) is 8.38. The Morgan fingerprint density at radius 2 is 1.84 bits per heavy atom. The van der Waals surface area contributed by atoms with Crippen molar-refractivity contribution in [3.05, 3.63) is 54.6 Å². The number of aromatic nitrogens is 6. The molecule has 1 aliphatic heterocycles. The van der Waals surface area contributed by atoms with Crippen molar-refractivity contribution in [3.8, 4) is 11.1 Å². The smallest absolute Gasteiger partial charge is 0.143 e. The average molecular weight is 430 g/mol. The molecule has 4 aromatic rings. The van der Waals surface area contributed by atoms with Gasteiger partial charge in [-0.1, -0.05) is 6.07 Å². The van der Waals surface area contributed by atoms with Crippen LogP contribution in [0.25, 0.3) is 22.2 Å². The van der Waals surface area contributed by atoms with Gasteiger partial charge in [-0.25, -0.2) is 24.9 Å². The fraction of sp³-hybridized carbons (Fsp3) is 0.348.